The molecule has 3 aromatic rings. The molecule has 29 heavy (non-hydrogen) atoms. The zero-order chi connectivity index (χ0) is 20.5. The number of aromatic hydroxyl groups is 1. The topological polar surface area (TPSA) is 74.6 Å². The first kappa shape index (κ1) is 18.9. The van der Waals surface area contributed by atoms with E-state index >= 15 is 0 Å². The number of hydrogen-bond donors (Lipinski definition) is 2. The molecule has 2 aromatic carbocycles. The molecular formula is C21H14ClN3O3S. The van der Waals surface area contributed by atoms with Gasteiger partial charge in [0.1, 0.15) is 11.3 Å². The molecule has 144 valence electrons. The normalized spacial score (nSPS) is 15.7. The highest BCUT2D eigenvalue weighted by Crippen LogP contribution is 2.25. The predicted octanol–water partition coefficient (Wildman–Crippen LogP) is 3.67. The third kappa shape index (κ3) is 3.65. The number of nitrogens with zero attached hydrogens (tertiary/aromatic N) is 2. The molecular weight excluding hydrogens is 410 g/mol. The Kier molecular flexibility index (Phi) is 4.92. The number of hydrogen-bond acceptors (Lipinski definition) is 4. The summed E-state index contributed by atoms with van der Waals surface area (Å²) in [5.41, 5.74) is 1.79. The van der Waals surface area contributed by atoms with Crippen molar-refractivity contribution in [2.24, 2.45) is 0 Å². The van der Waals surface area contributed by atoms with Gasteiger partial charge in [0, 0.05) is 22.6 Å². The fraction of sp³-hybridized carbons (Fsp3) is 0. The minimum absolute atomic E-state index is 0.00617. The van der Waals surface area contributed by atoms with Gasteiger partial charge in [-0.15, -0.1) is 0 Å². The molecule has 0 spiro atoms. The molecule has 1 fully saturated rings. The highest BCUT2D eigenvalue weighted by molar-refractivity contribution is 7.80. The number of benzene rings is 2. The minimum Gasteiger partial charge on any atom is -0.508 e. The number of nitrogens with one attached hydrogen (secondary N) is 1. The van der Waals surface area contributed by atoms with Crippen molar-refractivity contribution >= 4 is 52.5 Å². The first-order chi connectivity index (χ1) is 13.9. The van der Waals surface area contributed by atoms with Gasteiger partial charge in [-0.1, -0.05) is 17.7 Å². The molecule has 8 heteroatoms. The lowest BCUT2D eigenvalue weighted by atomic mass is 10.1. The summed E-state index contributed by atoms with van der Waals surface area (Å²) in [5, 5.41) is 12.5. The van der Waals surface area contributed by atoms with E-state index in [-0.39, 0.29) is 16.4 Å². The van der Waals surface area contributed by atoms with E-state index in [1.165, 1.54) is 11.0 Å². The van der Waals surface area contributed by atoms with E-state index in [2.05, 4.69) is 5.32 Å². The molecule has 1 aliphatic heterocycles. The zero-order valence-electron chi connectivity index (χ0n) is 14.9. The van der Waals surface area contributed by atoms with Crippen LogP contribution in [0.25, 0.3) is 11.8 Å². The van der Waals surface area contributed by atoms with Gasteiger partial charge in [-0.3, -0.25) is 19.8 Å². The predicted molar refractivity (Wildman–Crippen MR) is 115 cm³/mol. The maximum atomic E-state index is 13.1. The Bertz CT molecular complexity index is 1170. The molecule has 4 rings (SSSR count). The Labute approximate surface area is 176 Å². The summed E-state index contributed by atoms with van der Waals surface area (Å²) in [6, 6.07) is 16.8. The van der Waals surface area contributed by atoms with Gasteiger partial charge in [0.25, 0.3) is 11.8 Å². The van der Waals surface area contributed by atoms with Crippen molar-refractivity contribution in [3.63, 3.8) is 0 Å². The van der Waals surface area contributed by atoms with Crippen molar-refractivity contribution in [3.05, 3.63) is 83.2 Å². The summed E-state index contributed by atoms with van der Waals surface area (Å²) < 4.78 is 1.80. The molecule has 0 unspecified atom stereocenters. The lowest BCUT2D eigenvalue weighted by Crippen LogP contribution is -2.54. The Morgan fingerprint density at radius 3 is 2.48 bits per heavy atom. The van der Waals surface area contributed by atoms with Gasteiger partial charge < -0.3 is 9.67 Å². The van der Waals surface area contributed by atoms with Crippen molar-refractivity contribution in [3.8, 4) is 11.4 Å². The van der Waals surface area contributed by atoms with Crippen molar-refractivity contribution in [1.82, 2.24) is 9.88 Å². The molecule has 1 aromatic heterocycles. The fourth-order valence-corrected chi connectivity index (χ4v) is 3.48. The number of aromatic nitrogens is 1. The summed E-state index contributed by atoms with van der Waals surface area (Å²) in [5.74, 6) is -0.968. The third-order valence-corrected chi connectivity index (χ3v) is 4.89. The standard InChI is InChI=1S/C21H14ClN3O3S/c22-13-3-1-4-16(11-13)25-20(28)18(19(27)23-21(25)29)12-15-5-2-10-24(15)14-6-8-17(26)9-7-14/h1-12,26H,(H,23,27,29). The van der Waals surface area contributed by atoms with Crippen LogP contribution in [0.3, 0.4) is 0 Å². The van der Waals surface area contributed by atoms with E-state index in [0.717, 1.165) is 5.69 Å². The molecule has 1 aliphatic rings. The largest absolute Gasteiger partial charge is 0.508 e. The van der Waals surface area contributed by atoms with Crippen molar-refractivity contribution in [2.45, 2.75) is 0 Å². The molecule has 0 bridgehead atoms. The summed E-state index contributed by atoms with van der Waals surface area (Å²) >= 11 is 11.2. The number of carbonyl (C=O) groups excluding carboxylic acids is 2. The van der Waals surface area contributed by atoms with Crippen LogP contribution in [0.15, 0.2) is 72.4 Å². The number of phenols is 1. The zero-order valence-corrected chi connectivity index (χ0v) is 16.4. The third-order valence-electron chi connectivity index (χ3n) is 4.37. The fourth-order valence-electron chi connectivity index (χ4n) is 3.02. The van der Waals surface area contributed by atoms with Gasteiger partial charge in [-0.2, -0.15) is 0 Å². The monoisotopic (exact) mass is 423 g/mol. The van der Waals surface area contributed by atoms with E-state index < -0.39 is 11.8 Å². The Hall–Kier alpha value is -3.42. The molecule has 0 saturated carbocycles. The van der Waals surface area contributed by atoms with Crippen LogP contribution in [0.5, 0.6) is 5.75 Å². The smallest absolute Gasteiger partial charge is 0.270 e. The number of phenolic OH excluding ortho intramolecular Hbond substituents is 1. The molecule has 0 atom stereocenters. The molecule has 1 saturated heterocycles. The summed E-state index contributed by atoms with van der Waals surface area (Å²) in [6.45, 7) is 0. The SMILES string of the molecule is O=C1NC(=S)N(c2cccc(Cl)c2)C(=O)C1=Cc1cccn1-c1ccc(O)cc1. The molecule has 0 radical (unpaired) electrons. The van der Waals surface area contributed by atoms with Gasteiger partial charge >= 0.3 is 0 Å². The van der Waals surface area contributed by atoms with Gasteiger partial charge in [0.05, 0.1) is 5.69 Å². The van der Waals surface area contributed by atoms with Crippen LogP contribution in [0.4, 0.5) is 5.69 Å². The average molecular weight is 424 g/mol. The first-order valence-electron chi connectivity index (χ1n) is 8.58. The van der Waals surface area contributed by atoms with Crippen LogP contribution in [0, 0.1) is 0 Å². The van der Waals surface area contributed by atoms with Gasteiger partial charge in [0.15, 0.2) is 5.11 Å². The van der Waals surface area contributed by atoms with E-state index in [9.17, 15) is 14.7 Å². The second-order valence-corrected chi connectivity index (χ2v) is 7.08. The average Bonchev–Trinajstić information content (AvgIpc) is 3.14. The lowest BCUT2D eigenvalue weighted by molar-refractivity contribution is -0.122. The van der Waals surface area contributed by atoms with Crippen LogP contribution in [-0.4, -0.2) is 26.6 Å². The Balaban J connectivity index is 1.75. The number of carbonyl (C=O) groups is 2. The van der Waals surface area contributed by atoms with Crippen molar-refractivity contribution in [1.29, 1.82) is 0 Å². The van der Waals surface area contributed by atoms with E-state index in [0.29, 0.717) is 16.4 Å². The van der Waals surface area contributed by atoms with E-state index in [4.69, 9.17) is 23.8 Å². The Morgan fingerprint density at radius 1 is 1.00 bits per heavy atom. The van der Waals surface area contributed by atoms with E-state index in [1.54, 1.807) is 71.4 Å². The maximum absolute atomic E-state index is 13.1. The van der Waals surface area contributed by atoms with Crippen LogP contribution >= 0.6 is 23.8 Å². The lowest BCUT2D eigenvalue weighted by Gasteiger charge is -2.29. The minimum atomic E-state index is -0.572. The van der Waals surface area contributed by atoms with Gasteiger partial charge in [0.2, 0.25) is 0 Å². The quantitative estimate of drug-likeness (QED) is 0.383. The second-order valence-electron chi connectivity index (χ2n) is 6.26. The highest BCUT2D eigenvalue weighted by atomic mass is 35.5. The van der Waals surface area contributed by atoms with Crippen LogP contribution < -0.4 is 10.2 Å². The first-order valence-corrected chi connectivity index (χ1v) is 9.36. The number of rotatable bonds is 3. The van der Waals surface area contributed by atoms with Gasteiger partial charge in [-0.05, 0) is 72.9 Å². The summed E-state index contributed by atoms with van der Waals surface area (Å²) in [6.07, 6.45) is 3.30. The Morgan fingerprint density at radius 2 is 1.76 bits per heavy atom. The number of thiocarbonyl (C=S) groups is 1. The second kappa shape index (κ2) is 7.54. The van der Waals surface area contributed by atoms with Crippen LogP contribution in [0.2, 0.25) is 5.02 Å². The van der Waals surface area contributed by atoms with Crippen LogP contribution in [0.1, 0.15) is 5.69 Å². The van der Waals surface area contributed by atoms with Gasteiger partial charge in [-0.25, -0.2) is 0 Å². The molecule has 2 N–H and O–H groups in total. The summed E-state index contributed by atoms with van der Waals surface area (Å²) in [7, 11) is 0. The summed E-state index contributed by atoms with van der Waals surface area (Å²) in [4.78, 5) is 26.8. The number of amides is 2. The molecule has 2 amide bonds. The molecule has 6 nitrogen and oxygen atoms in total. The van der Waals surface area contributed by atoms with Crippen molar-refractivity contribution in [2.75, 3.05) is 4.90 Å². The van der Waals surface area contributed by atoms with Crippen molar-refractivity contribution < 1.29 is 14.7 Å². The molecule has 2 heterocycles. The molecule has 0 aliphatic carbocycles. The van der Waals surface area contributed by atoms with Crippen LogP contribution in [-0.2, 0) is 9.59 Å². The number of halogens is 1. The number of anilines is 1. The highest BCUT2D eigenvalue weighted by Gasteiger charge is 2.34. The maximum Gasteiger partial charge on any atom is 0.270 e. The van der Waals surface area contributed by atoms with E-state index in [1.807, 2.05) is 0 Å².